The van der Waals surface area contributed by atoms with E-state index in [1.165, 1.54) is 0 Å². The molecule has 7 heteroatoms. The van der Waals surface area contributed by atoms with Crippen LogP contribution in [0.5, 0.6) is 0 Å². The van der Waals surface area contributed by atoms with Gasteiger partial charge in [-0.25, -0.2) is 0 Å². The van der Waals surface area contributed by atoms with E-state index >= 15 is 0 Å². The van der Waals surface area contributed by atoms with Crippen LogP contribution in [0.25, 0.3) is 0 Å². The summed E-state index contributed by atoms with van der Waals surface area (Å²) in [6.07, 6.45) is 3.32. The number of nitrogens with zero attached hydrogens (tertiary/aromatic N) is 1. The van der Waals surface area contributed by atoms with Crippen molar-refractivity contribution in [1.82, 2.24) is 10.2 Å². The number of hydrogen-bond acceptors (Lipinski definition) is 4. The Morgan fingerprint density at radius 2 is 1.85 bits per heavy atom. The predicted octanol–water partition coefficient (Wildman–Crippen LogP) is -1.57. The number of rotatable bonds is 6. The molecule has 1 aromatic rings. The van der Waals surface area contributed by atoms with Gasteiger partial charge in [-0.05, 0) is 24.8 Å². The number of aliphatic carboxylic acids is 1. The zero-order valence-corrected chi connectivity index (χ0v) is 15.4. The van der Waals surface area contributed by atoms with Gasteiger partial charge < -0.3 is 25.4 Å². The smallest absolute Gasteiger partial charge is 0.280 e. The van der Waals surface area contributed by atoms with E-state index in [9.17, 15) is 19.5 Å². The van der Waals surface area contributed by atoms with Crippen molar-refractivity contribution >= 4 is 17.8 Å². The minimum absolute atomic E-state index is 0.0312. The van der Waals surface area contributed by atoms with E-state index in [-0.39, 0.29) is 30.2 Å². The molecule has 0 spiro atoms. The highest BCUT2D eigenvalue weighted by atomic mass is 16.4. The quantitative estimate of drug-likeness (QED) is 0.628. The van der Waals surface area contributed by atoms with Crippen molar-refractivity contribution in [3.05, 3.63) is 35.9 Å². The van der Waals surface area contributed by atoms with Gasteiger partial charge in [0.25, 0.3) is 5.91 Å². The van der Waals surface area contributed by atoms with Gasteiger partial charge in [0.05, 0.1) is 18.6 Å². The first-order valence-corrected chi connectivity index (χ1v) is 9.72. The van der Waals surface area contributed by atoms with Crippen molar-refractivity contribution in [1.29, 1.82) is 0 Å². The number of amides is 2. The van der Waals surface area contributed by atoms with Crippen LogP contribution in [0.3, 0.4) is 0 Å². The molecule has 2 aliphatic rings. The third-order valence-corrected chi connectivity index (χ3v) is 5.55. The summed E-state index contributed by atoms with van der Waals surface area (Å²) in [5, 5.41) is 16.1. The largest absolute Gasteiger partial charge is 0.548 e. The Kier molecular flexibility index (Phi) is 6.45. The summed E-state index contributed by atoms with van der Waals surface area (Å²) < 4.78 is 0. The number of likely N-dealkylation sites (tertiary alicyclic amines) is 1. The summed E-state index contributed by atoms with van der Waals surface area (Å²) in [4.78, 5) is 38.3. The maximum absolute atomic E-state index is 12.5. The third-order valence-electron chi connectivity index (χ3n) is 5.55. The lowest BCUT2D eigenvalue weighted by Crippen LogP contribution is -2.89. The van der Waals surface area contributed by atoms with Crippen LogP contribution in [0.2, 0.25) is 0 Å². The molecule has 0 aromatic heterocycles. The van der Waals surface area contributed by atoms with Crippen molar-refractivity contribution in [3.8, 4) is 0 Å². The number of nitrogens with one attached hydrogen (secondary N) is 1. The fraction of sp³-hybridized carbons (Fsp3) is 0.550. The van der Waals surface area contributed by atoms with Crippen molar-refractivity contribution in [3.63, 3.8) is 0 Å². The highest BCUT2D eigenvalue weighted by Gasteiger charge is 2.34. The third kappa shape index (κ3) is 5.07. The number of nitrogens with two attached hydrogens (primary N) is 1. The molecule has 2 saturated heterocycles. The highest BCUT2D eigenvalue weighted by Crippen LogP contribution is 2.19. The molecule has 1 aromatic carbocycles. The van der Waals surface area contributed by atoms with Gasteiger partial charge >= 0.3 is 0 Å². The summed E-state index contributed by atoms with van der Waals surface area (Å²) in [5.74, 6) is -1.64. The van der Waals surface area contributed by atoms with E-state index in [1.54, 1.807) is 0 Å². The number of carboxylic acid groups (broad SMARTS) is 1. The number of carbonyl (C=O) groups is 3. The molecule has 27 heavy (non-hydrogen) atoms. The summed E-state index contributed by atoms with van der Waals surface area (Å²) in [7, 11) is 0. The molecular weight excluding hydrogens is 346 g/mol. The zero-order chi connectivity index (χ0) is 19.2. The minimum Gasteiger partial charge on any atom is -0.548 e. The van der Waals surface area contributed by atoms with E-state index in [4.69, 9.17) is 0 Å². The Labute approximate surface area is 159 Å². The SMILES string of the molecule is O=C(N[C@@H](Cc1ccccc1)C(=O)[O-])C1CCN(C(=O)[C@H]2CCC[NH2+]2)CC1. The molecule has 2 heterocycles. The first-order valence-electron chi connectivity index (χ1n) is 9.72. The van der Waals surface area contributed by atoms with E-state index in [0.29, 0.717) is 25.9 Å². The highest BCUT2D eigenvalue weighted by molar-refractivity contribution is 5.85. The Morgan fingerprint density at radius 1 is 1.15 bits per heavy atom. The Morgan fingerprint density at radius 3 is 2.44 bits per heavy atom. The molecular formula is C20H27N3O4. The molecule has 0 bridgehead atoms. The summed E-state index contributed by atoms with van der Waals surface area (Å²) in [6, 6.07) is 8.15. The standard InChI is InChI=1S/C20H27N3O4/c24-18(22-17(20(26)27)13-14-5-2-1-3-6-14)15-8-11-23(12-9-15)19(25)16-7-4-10-21-16/h1-3,5-6,15-17,21H,4,7-13H2,(H,22,24)(H,26,27)/t16-,17+/m1/s1. The van der Waals surface area contributed by atoms with Crippen molar-refractivity contribution < 1.29 is 24.8 Å². The van der Waals surface area contributed by atoms with E-state index < -0.39 is 12.0 Å². The second-order valence-electron chi connectivity index (χ2n) is 7.44. The molecule has 7 nitrogen and oxygen atoms in total. The topological polar surface area (TPSA) is 106 Å². The monoisotopic (exact) mass is 373 g/mol. The van der Waals surface area contributed by atoms with Gasteiger partial charge in [0.2, 0.25) is 5.91 Å². The molecule has 2 amide bonds. The van der Waals surface area contributed by atoms with E-state index in [1.807, 2.05) is 35.2 Å². The Hall–Kier alpha value is -2.41. The van der Waals surface area contributed by atoms with Crippen molar-refractivity contribution in [2.75, 3.05) is 19.6 Å². The lowest BCUT2D eigenvalue weighted by Gasteiger charge is -2.33. The maximum atomic E-state index is 12.5. The number of benzene rings is 1. The van der Waals surface area contributed by atoms with Crippen LogP contribution in [0.4, 0.5) is 0 Å². The lowest BCUT2D eigenvalue weighted by molar-refractivity contribution is -0.658. The van der Waals surface area contributed by atoms with Gasteiger partial charge in [0, 0.05) is 31.8 Å². The number of piperidine rings is 1. The van der Waals surface area contributed by atoms with Crippen LogP contribution in [-0.2, 0) is 20.8 Å². The second-order valence-corrected chi connectivity index (χ2v) is 7.44. The summed E-state index contributed by atoms with van der Waals surface area (Å²) in [5.41, 5.74) is 0.834. The van der Waals surface area contributed by atoms with Gasteiger partial charge in [-0.3, -0.25) is 9.59 Å². The van der Waals surface area contributed by atoms with Crippen LogP contribution in [0.1, 0.15) is 31.2 Å². The van der Waals surface area contributed by atoms with Gasteiger partial charge in [-0.1, -0.05) is 30.3 Å². The van der Waals surface area contributed by atoms with Crippen LogP contribution in [-0.4, -0.2) is 54.4 Å². The van der Waals surface area contributed by atoms with Crippen molar-refractivity contribution in [2.24, 2.45) is 5.92 Å². The van der Waals surface area contributed by atoms with Crippen LogP contribution >= 0.6 is 0 Å². The maximum Gasteiger partial charge on any atom is 0.280 e. The van der Waals surface area contributed by atoms with Gasteiger partial charge in [0.15, 0.2) is 6.04 Å². The minimum atomic E-state index is -1.28. The lowest BCUT2D eigenvalue weighted by atomic mass is 9.94. The summed E-state index contributed by atoms with van der Waals surface area (Å²) in [6.45, 7) is 2.10. The molecule has 2 fully saturated rings. The number of carbonyl (C=O) groups excluding carboxylic acids is 3. The number of carboxylic acids is 1. The van der Waals surface area contributed by atoms with Gasteiger partial charge in [0.1, 0.15) is 0 Å². The molecule has 3 N–H and O–H groups in total. The molecule has 0 saturated carbocycles. The second kappa shape index (κ2) is 8.99. The average molecular weight is 373 g/mol. The molecule has 0 radical (unpaired) electrons. The predicted molar refractivity (Wildman–Crippen MR) is 96.2 cm³/mol. The van der Waals surface area contributed by atoms with Crippen LogP contribution < -0.4 is 15.7 Å². The molecule has 0 unspecified atom stereocenters. The molecule has 3 rings (SSSR count). The van der Waals surface area contributed by atoms with E-state index in [2.05, 4.69) is 10.6 Å². The molecule has 146 valence electrons. The number of hydrogen-bond donors (Lipinski definition) is 2. The van der Waals surface area contributed by atoms with Crippen LogP contribution in [0.15, 0.2) is 30.3 Å². The fourth-order valence-electron chi connectivity index (χ4n) is 3.93. The van der Waals surface area contributed by atoms with Gasteiger partial charge in [-0.2, -0.15) is 0 Å². The first kappa shape index (κ1) is 19.4. The Balaban J connectivity index is 1.50. The number of quaternary nitrogens is 1. The average Bonchev–Trinajstić information content (AvgIpc) is 3.22. The normalized spacial score (nSPS) is 21.6. The van der Waals surface area contributed by atoms with Gasteiger partial charge in [-0.15, -0.1) is 0 Å². The van der Waals surface area contributed by atoms with Crippen LogP contribution in [0, 0.1) is 5.92 Å². The molecule has 2 atom stereocenters. The molecule has 2 aliphatic heterocycles. The zero-order valence-electron chi connectivity index (χ0n) is 15.4. The first-order chi connectivity index (χ1) is 13.0. The Bertz CT molecular complexity index is 665. The summed E-state index contributed by atoms with van der Waals surface area (Å²) >= 11 is 0. The van der Waals surface area contributed by atoms with E-state index in [0.717, 1.165) is 24.9 Å². The molecule has 0 aliphatic carbocycles. The fourth-order valence-corrected chi connectivity index (χ4v) is 3.93. The van der Waals surface area contributed by atoms with Crippen molar-refractivity contribution in [2.45, 2.75) is 44.2 Å².